The monoisotopic (exact) mass is 235 g/mol. The van der Waals surface area contributed by atoms with E-state index in [1.807, 2.05) is 0 Å². The van der Waals surface area contributed by atoms with Crippen LogP contribution in [0, 0.1) is 6.92 Å². The van der Waals surface area contributed by atoms with Gasteiger partial charge in [0, 0.05) is 17.5 Å². The topological polar surface area (TPSA) is 50.2 Å². The van der Waals surface area contributed by atoms with E-state index in [1.54, 1.807) is 0 Å². The van der Waals surface area contributed by atoms with Gasteiger partial charge in [0.1, 0.15) is 0 Å². The molecule has 0 aromatic carbocycles. The summed E-state index contributed by atoms with van der Waals surface area (Å²) >= 11 is 5.51. The molecule has 3 nitrogen and oxygen atoms in total. The first-order valence-corrected chi connectivity index (χ1v) is 4.58. The number of rotatable bonds is 3. The molecule has 0 aliphatic carbocycles. The Morgan fingerprint density at radius 2 is 2.27 bits per heavy atom. The maximum Gasteiger partial charge on any atom is 0.336 e. The number of alkyl halides is 3. The number of aryl methyl sites for hydroxylation is 1. The number of hydrogen-bond acceptors (Lipinski definition) is 2. The van der Waals surface area contributed by atoms with Gasteiger partial charge >= 0.3 is 5.97 Å². The van der Waals surface area contributed by atoms with Crippen molar-refractivity contribution < 1.29 is 18.7 Å². The van der Waals surface area contributed by atoms with Crippen molar-refractivity contribution in [2.45, 2.75) is 19.2 Å². The van der Waals surface area contributed by atoms with Crippen molar-refractivity contribution in [2.24, 2.45) is 0 Å². The van der Waals surface area contributed by atoms with Gasteiger partial charge in [-0.05, 0) is 6.92 Å². The summed E-state index contributed by atoms with van der Waals surface area (Å²) in [5.41, 5.74) is -0.537. The molecule has 0 atom stereocenters. The van der Waals surface area contributed by atoms with E-state index in [0.29, 0.717) is 5.69 Å². The average Bonchev–Trinajstić information content (AvgIpc) is 2.16. The van der Waals surface area contributed by atoms with E-state index < -0.39 is 23.5 Å². The van der Waals surface area contributed by atoms with Gasteiger partial charge in [-0.1, -0.05) is 0 Å². The minimum atomic E-state index is -2.87. The predicted octanol–water partition coefficient (Wildman–Crippen LogP) is 2.76. The second-order valence-electron chi connectivity index (χ2n) is 2.89. The summed E-state index contributed by atoms with van der Waals surface area (Å²) in [5.74, 6) is -1.56. The molecule has 82 valence electrons. The summed E-state index contributed by atoms with van der Waals surface area (Å²) < 4.78 is 25.0. The van der Waals surface area contributed by atoms with Crippen molar-refractivity contribution >= 4 is 17.6 Å². The molecular weight excluding hydrogens is 228 g/mol. The van der Waals surface area contributed by atoms with Crippen LogP contribution in [0.2, 0.25) is 0 Å². The van der Waals surface area contributed by atoms with Gasteiger partial charge in [-0.25, -0.2) is 13.6 Å². The highest BCUT2D eigenvalue weighted by atomic mass is 35.5. The summed E-state index contributed by atoms with van der Waals surface area (Å²) in [6.07, 6.45) is -1.99. The van der Waals surface area contributed by atoms with Gasteiger partial charge in [0.2, 0.25) is 0 Å². The summed E-state index contributed by atoms with van der Waals surface area (Å²) in [7, 11) is 0. The fourth-order valence-corrected chi connectivity index (χ4v) is 1.57. The Morgan fingerprint density at radius 3 is 2.67 bits per heavy atom. The molecule has 1 heterocycles. The van der Waals surface area contributed by atoms with Crippen LogP contribution in [0.3, 0.4) is 0 Å². The Labute approximate surface area is 89.7 Å². The van der Waals surface area contributed by atoms with E-state index in [2.05, 4.69) is 4.98 Å². The van der Waals surface area contributed by atoms with Crippen LogP contribution in [0.15, 0.2) is 6.20 Å². The smallest absolute Gasteiger partial charge is 0.336 e. The van der Waals surface area contributed by atoms with Gasteiger partial charge in [-0.3, -0.25) is 4.98 Å². The third kappa shape index (κ3) is 2.23. The highest BCUT2D eigenvalue weighted by Gasteiger charge is 2.23. The van der Waals surface area contributed by atoms with Gasteiger partial charge < -0.3 is 5.11 Å². The third-order valence-electron chi connectivity index (χ3n) is 2.01. The lowest BCUT2D eigenvalue weighted by molar-refractivity contribution is 0.0683. The Hall–Kier alpha value is -1.23. The second kappa shape index (κ2) is 4.53. The maximum atomic E-state index is 12.5. The summed E-state index contributed by atoms with van der Waals surface area (Å²) in [5, 5.41) is 8.83. The molecule has 1 N–H and O–H groups in total. The minimum Gasteiger partial charge on any atom is -0.478 e. The molecule has 1 aromatic heterocycles. The molecule has 1 aromatic rings. The van der Waals surface area contributed by atoms with Crippen molar-refractivity contribution in [2.75, 3.05) is 0 Å². The Bertz CT molecular complexity index is 396. The summed E-state index contributed by atoms with van der Waals surface area (Å²) in [4.78, 5) is 14.5. The zero-order valence-corrected chi connectivity index (χ0v) is 8.55. The van der Waals surface area contributed by atoms with Gasteiger partial charge in [-0.2, -0.15) is 0 Å². The number of carboxylic acid groups (broad SMARTS) is 1. The minimum absolute atomic E-state index is 0.141. The Balaban J connectivity index is 3.49. The van der Waals surface area contributed by atoms with E-state index in [4.69, 9.17) is 16.7 Å². The van der Waals surface area contributed by atoms with Crippen LogP contribution in [0.5, 0.6) is 0 Å². The number of halogens is 3. The van der Waals surface area contributed by atoms with Crippen LogP contribution in [0.25, 0.3) is 0 Å². The molecule has 0 saturated carbocycles. The first-order valence-electron chi connectivity index (χ1n) is 4.04. The number of pyridine rings is 1. The molecule has 0 unspecified atom stereocenters. The van der Waals surface area contributed by atoms with Crippen LogP contribution >= 0.6 is 11.6 Å². The lowest BCUT2D eigenvalue weighted by atomic mass is 10.0. The van der Waals surface area contributed by atoms with Gasteiger partial charge in [-0.15, -0.1) is 11.6 Å². The fraction of sp³-hybridized carbons (Fsp3) is 0.333. The SMILES string of the molecule is Cc1ncc(C(F)F)c(C(=O)O)c1CCl. The second-order valence-corrected chi connectivity index (χ2v) is 3.16. The molecular formula is C9H8ClF2NO2. The highest BCUT2D eigenvalue weighted by Crippen LogP contribution is 2.27. The molecule has 0 fully saturated rings. The average molecular weight is 236 g/mol. The molecule has 6 heteroatoms. The molecule has 0 radical (unpaired) electrons. The first-order chi connectivity index (χ1) is 6.99. The number of aromatic carboxylic acids is 1. The standard InChI is InChI=1S/C9H8ClF2NO2/c1-4-5(2-10)7(9(14)15)6(3-13-4)8(11)12/h3,8H,2H2,1H3,(H,14,15). The van der Waals surface area contributed by atoms with Gasteiger partial charge in [0.05, 0.1) is 17.0 Å². The largest absolute Gasteiger partial charge is 0.478 e. The van der Waals surface area contributed by atoms with Crippen LogP contribution < -0.4 is 0 Å². The van der Waals surface area contributed by atoms with Crippen LogP contribution in [-0.4, -0.2) is 16.1 Å². The maximum absolute atomic E-state index is 12.5. The zero-order chi connectivity index (χ0) is 11.6. The Morgan fingerprint density at radius 1 is 1.67 bits per heavy atom. The van der Waals surface area contributed by atoms with Crippen LogP contribution in [0.1, 0.15) is 33.6 Å². The number of nitrogens with zero attached hydrogens (tertiary/aromatic N) is 1. The Kier molecular flexibility index (Phi) is 3.57. The van der Waals surface area contributed by atoms with Crippen molar-refractivity contribution in [1.29, 1.82) is 0 Å². The first kappa shape index (κ1) is 11.8. The predicted molar refractivity (Wildman–Crippen MR) is 50.4 cm³/mol. The van der Waals surface area contributed by atoms with Crippen molar-refractivity contribution in [1.82, 2.24) is 4.98 Å². The van der Waals surface area contributed by atoms with E-state index in [0.717, 1.165) is 6.20 Å². The van der Waals surface area contributed by atoms with Gasteiger partial charge in [0.15, 0.2) is 0 Å². The number of carbonyl (C=O) groups is 1. The van der Waals surface area contributed by atoms with E-state index >= 15 is 0 Å². The highest BCUT2D eigenvalue weighted by molar-refractivity contribution is 6.17. The molecule has 0 amide bonds. The summed E-state index contributed by atoms with van der Waals surface area (Å²) in [6.45, 7) is 1.53. The van der Waals surface area contributed by atoms with Crippen LogP contribution in [-0.2, 0) is 5.88 Å². The van der Waals surface area contributed by atoms with Gasteiger partial charge in [0.25, 0.3) is 6.43 Å². The number of aromatic nitrogens is 1. The molecule has 0 aliphatic rings. The quantitative estimate of drug-likeness (QED) is 0.820. The third-order valence-corrected chi connectivity index (χ3v) is 2.27. The summed E-state index contributed by atoms with van der Waals surface area (Å²) in [6, 6.07) is 0. The van der Waals surface area contributed by atoms with E-state index in [1.165, 1.54) is 6.92 Å². The zero-order valence-electron chi connectivity index (χ0n) is 7.80. The normalized spacial score (nSPS) is 10.7. The number of hydrogen-bond donors (Lipinski definition) is 1. The van der Waals surface area contributed by atoms with Crippen molar-refractivity contribution in [3.63, 3.8) is 0 Å². The lowest BCUT2D eigenvalue weighted by Crippen LogP contribution is -2.10. The molecule has 0 aliphatic heterocycles. The molecule has 0 spiro atoms. The number of carboxylic acids is 1. The fourth-order valence-electron chi connectivity index (χ4n) is 1.25. The van der Waals surface area contributed by atoms with Crippen molar-refractivity contribution in [3.8, 4) is 0 Å². The van der Waals surface area contributed by atoms with E-state index in [9.17, 15) is 13.6 Å². The lowest BCUT2D eigenvalue weighted by Gasteiger charge is -2.10. The van der Waals surface area contributed by atoms with E-state index in [-0.39, 0.29) is 11.4 Å². The molecule has 0 bridgehead atoms. The molecule has 15 heavy (non-hydrogen) atoms. The van der Waals surface area contributed by atoms with Crippen LogP contribution in [0.4, 0.5) is 8.78 Å². The molecule has 0 saturated heterocycles. The van der Waals surface area contributed by atoms with Crippen molar-refractivity contribution in [3.05, 3.63) is 28.6 Å². The molecule has 1 rings (SSSR count).